The Morgan fingerprint density at radius 2 is 1.81 bits per heavy atom. The van der Waals surface area contributed by atoms with Crippen LogP contribution in [0.4, 0.5) is 0 Å². The summed E-state index contributed by atoms with van der Waals surface area (Å²) in [6.07, 6.45) is 0. The molecule has 78 valence electrons. The highest BCUT2D eigenvalue weighted by Crippen LogP contribution is 2.27. The van der Waals surface area contributed by atoms with Crippen molar-refractivity contribution >= 4 is 33.2 Å². The zero-order chi connectivity index (χ0) is 11.0. The van der Waals surface area contributed by atoms with Gasteiger partial charge in [-0.25, -0.2) is 9.97 Å². The SMILES string of the molecule is Clc1nc(-c2ccccc2)nc2sccc12. The topological polar surface area (TPSA) is 25.8 Å². The van der Waals surface area contributed by atoms with Crippen molar-refractivity contribution in [3.63, 3.8) is 0 Å². The Morgan fingerprint density at radius 1 is 1.00 bits per heavy atom. The largest absolute Gasteiger partial charge is 0.217 e. The Labute approximate surface area is 102 Å². The van der Waals surface area contributed by atoms with Gasteiger partial charge in [0, 0.05) is 10.9 Å². The van der Waals surface area contributed by atoms with Crippen LogP contribution in [-0.4, -0.2) is 9.97 Å². The summed E-state index contributed by atoms with van der Waals surface area (Å²) in [5.41, 5.74) is 0.986. The number of hydrogen-bond donors (Lipinski definition) is 0. The fraction of sp³-hybridized carbons (Fsp3) is 0. The van der Waals surface area contributed by atoms with E-state index in [0.29, 0.717) is 11.0 Å². The summed E-state index contributed by atoms with van der Waals surface area (Å²) in [5.74, 6) is 0.681. The molecule has 3 rings (SSSR count). The molecule has 2 nitrogen and oxygen atoms in total. The predicted octanol–water partition coefficient (Wildman–Crippen LogP) is 4.01. The number of aromatic nitrogens is 2. The van der Waals surface area contributed by atoms with Crippen LogP contribution < -0.4 is 0 Å². The monoisotopic (exact) mass is 246 g/mol. The first-order valence-electron chi connectivity index (χ1n) is 4.81. The van der Waals surface area contributed by atoms with Gasteiger partial charge in [-0.05, 0) is 11.4 Å². The minimum Gasteiger partial charge on any atom is -0.217 e. The molecule has 0 aliphatic carbocycles. The zero-order valence-corrected chi connectivity index (χ0v) is 9.79. The van der Waals surface area contributed by atoms with Gasteiger partial charge < -0.3 is 0 Å². The molecule has 0 atom stereocenters. The minimum atomic E-state index is 0.519. The van der Waals surface area contributed by atoms with Crippen LogP contribution in [-0.2, 0) is 0 Å². The molecule has 2 aromatic heterocycles. The molecule has 0 radical (unpaired) electrons. The summed E-state index contributed by atoms with van der Waals surface area (Å²) in [5, 5.41) is 3.41. The van der Waals surface area contributed by atoms with Gasteiger partial charge in [-0.2, -0.15) is 0 Å². The van der Waals surface area contributed by atoms with Gasteiger partial charge in [0.05, 0.1) is 0 Å². The van der Waals surface area contributed by atoms with Gasteiger partial charge in [0.15, 0.2) is 5.82 Å². The summed E-state index contributed by atoms with van der Waals surface area (Å²) in [6, 6.07) is 11.8. The van der Waals surface area contributed by atoms with Crippen LogP contribution in [0.2, 0.25) is 5.15 Å². The Balaban J connectivity index is 2.25. The first-order valence-corrected chi connectivity index (χ1v) is 6.06. The van der Waals surface area contributed by atoms with E-state index >= 15 is 0 Å². The molecule has 0 aliphatic heterocycles. The average Bonchev–Trinajstić information content (AvgIpc) is 2.79. The molecule has 1 aromatic carbocycles. The minimum absolute atomic E-state index is 0.519. The maximum absolute atomic E-state index is 6.11. The highest BCUT2D eigenvalue weighted by Gasteiger charge is 2.07. The standard InChI is InChI=1S/C12H7ClN2S/c13-10-9-6-7-16-12(9)15-11(14-10)8-4-2-1-3-5-8/h1-7H. The number of benzene rings is 1. The third-order valence-corrected chi connectivity index (χ3v) is 3.41. The molecular formula is C12H7ClN2S. The molecule has 0 N–H and O–H groups in total. The summed E-state index contributed by atoms with van der Waals surface area (Å²) < 4.78 is 0. The lowest BCUT2D eigenvalue weighted by Gasteiger charge is -2.00. The molecule has 0 amide bonds. The molecule has 2 heterocycles. The lowest BCUT2D eigenvalue weighted by atomic mass is 10.2. The lowest BCUT2D eigenvalue weighted by molar-refractivity contribution is 1.24. The first-order chi connectivity index (χ1) is 7.84. The van der Waals surface area contributed by atoms with Crippen molar-refractivity contribution in [3.05, 3.63) is 46.9 Å². The summed E-state index contributed by atoms with van der Waals surface area (Å²) in [7, 11) is 0. The molecule has 0 bridgehead atoms. The van der Waals surface area contributed by atoms with Crippen molar-refractivity contribution < 1.29 is 0 Å². The van der Waals surface area contributed by atoms with E-state index < -0.39 is 0 Å². The summed E-state index contributed by atoms with van der Waals surface area (Å²) >= 11 is 7.68. The smallest absolute Gasteiger partial charge is 0.162 e. The van der Waals surface area contributed by atoms with E-state index in [2.05, 4.69) is 9.97 Å². The van der Waals surface area contributed by atoms with Crippen molar-refractivity contribution in [1.29, 1.82) is 0 Å². The van der Waals surface area contributed by atoms with Crippen LogP contribution in [0.1, 0.15) is 0 Å². The van der Waals surface area contributed by atoms with Gasteiger partial charge in [-0.3, -0.25) is 0 Å². The lowest BCUT2D eigenvalue weighted by Crippen LogP contribution is -1.88. The fourth-order valence-electron chi connectivity index (χ4n) is 1.54. The van der Waals surface area contributed by atoms with E-state index in [-0.39, 0.29) is 0 Å². The van der Waals surface area contributed by atoms with E-state index in [1.165, 1.54) is 0 Å². The van der Waals surface area contributed by atoms with Crippen LogP contribution in [0.25, 0.3) is 21.6 Å². The Morgan fingerprint density at radius 3 is 2.62 bits per heavy atom. The molecule has 0 saturated carbocycles. The third-order valence-electron chi connectivity index (χ3n) is 2.31. The predicted molar refractivity (Wildman–Crippen MR) is 67.9 cm³/mol. The Hall–Kier alpha value is -1.45. The second-order valence-electron chi connectivity index (χ2n) is 3.34. The zero-order valence-electron chi connectivity index (χ0n) is 8.22. The molecule has 0 saturated heterocycles. The average molecular weight is 247 g/mol. The number of halogens is 1. The van der Waals surface area contributed by atoms with Crippen molar-refractivity contribution in [2.75, 3.05) is 0 Å². The van der Waals surface area contributed by atoms with E-state index in [9.17, 15) is 0 Å². The van der Waals surface area contributed by atoms with Crippen molar-refractivity contribution in [2.45, 2.75) is 0 Å². The number of nitrogens with zero attached hydrogens (tertiary/aromatic N) is 2. The van der Waals surface area contributed by atoms with Gasteiger partial charge in [0.1, 0.15) is 9.98 Å². The van der Waals surface area contributed by atoms with Crippen LogP contribution in [0, 0.1) is 0 Å². The maximum Gasteiger partial charge on any atom is 0.162 e. The van der Waals surface area contributed by atoms with Crippen molar-refractivity contribution in [2.24, 2.45) is 0 Å². The second kappa shape index (κ2) is 3.85. The van der Waals surface area contributed by atoms with Crippen LogP contribution in [0.3, 0.4) is 0 Å². The van der Waals surface area contributed by atoms with Crippen molar-refractivity contribution in [1.82, 2.24) is 9.97 Å². The van der Waals surface area contributed by atoms with E-state index in [4.69, 9.17) is 11.6 Å². The Bertz CT molecular complexity index is 634. The molecule has 3 aromatic rings. The van der Waals surface area contributed by atoms with Gasteiger partial charge in [-0.1, -0.05) is 41.9 Å². The molecule has 4 heteroatoms. The van der Waals surface area contributed by atoms with Gasteiger partial charge >= 0.3 is 0 Å². The maximum atomic E-state index is 6.11. The normalized spacial score (nSPS) is 10.8. The van der Waals surface area contributed by atoms with E-state index in [1.807, 2.05) is 41.8 Å². The molecule has 0 unspecified atom stereocenters. The van der Waals surface area contributed by atoms with Crippen LogP contribution in [0.15, 0.2) is 41.8 Å². The molecule has 0 aliphatic rings. The highest BCUT2D eigenvalue weighted by molar-refractivity contribution is 7.16. The van der Waals surface area contributed by atoms with Crippen LogP contribution in [0.5, 0.6) is 0 Å². The molecule has 0 spiro atoms. The first kappa shape index (κ1) is 9.75. The second-order valence-corrected chi connectivity index (χ2v) is 4.60. The number of rotatable bonds is 1. The summed E-state index contributed by atoms with van der Waals surface area (Å²) in [6.45, 7) is 0. The number of hydrogen-bond acceptors (Lipinski definition) is 3. The molecule has 16 heavy (non-hydrogen) atoms. The third kappa shape index (κ3) is 1.58. The van der Waals surface area contributed by atoms with E-state index in [1.54, 1.807) is 11.3 Å². The van der Waals surface area contributed by atoms with Crippen LogP contribution >= 0.6 is 22.9 Å². The molecule has 0 fully saturated rings. The fourth-order valence-corrected chi connectivity index (χ4v) is 2.59. The Kier molecular flexibility index (Phi) is 2.35. The van der Waals surface area contributed by atoms with Gasteiger partial charge in [-0.15, -0.1) is 11.3 Å². The highest BCUT2D eigenvalue weighted by atomic mass is 35.5. The summed E-state index contributed by atoms with van der Waals surface area (Å²) in [4.78, 5) is 9.72. The molecular weight excluding hydrogens is 240 g/mol. The number of thiophene rings is 1. The number of fused-ring (bicyclic) bond motifs is 1. The van der Waals surface area contributed by atoms with Gasteiger partial charge in [0.2, 0.25) is 0 Å². The van der Waals surface area contributed by atoms with Gasteiger partial charge in [0.25, 0.3) is 0 Å². The van der Waals surface area contributed by atoms with E-state index in [0.717, 1.165) is 15.8 Å². The quantitative estimate of drug-likeness (QED) is 0.607. The van der Waals surface area contributed by atoms with Crippen molar-refractivity contribution in [3.8, 4) is 11.4 Å².